The van der Waals surface area contributed by atoms with Gasteiger partial charge in [0.05, 0.1) is 13.5 Å². The highest BCUT2D eigenvalue weighted by Crippen LogP contribution is 2.13. The minimum Gasteiger partial charge on any atom is -0.497 e. The molecule has 0 radical (unpaired) electrons. The highest BCUT2D eigenvalue weighted by molar-refractivity contribution is 5.97. The van der Waals surface area contributed by atoms with Crippen LogP contribution in [-0.4, -0.2) is 22.9 Å². The Labute approximate surface area is 99.3 Å². The molecule has 4 heteroatoms. The summed E-state index contributed by atoms with van der Waals surface area (Å²) in [5.41, 5.74) is 0.608. The predicted octanol–water partition coefficient (Wildman–Crippen LogP) is 1.91. The van der Waals surface area contributed by atoms with Crippen LogP contribution in [0, 0.1) is 0 Å². The van der Waals surface area contributed by atoms with Gasteiger partial charge in [-0.15, -0.1) is 0 Å². The van der Waals surface area contributed by atoms with Gasteiger partial charge in [0.25, 0.3) is 0 Å². The molecule has 4 nitrogen and oxygen atoms in total. The number of carbonyl (C=O) groups is 1. The van der Waals surface area contributed by atoms with E-state index in [4.69, 9.17) is 4.74 Å². The van der Waals surface area contributed by atoms with Crippen LogP contribution in [0.4, 0.5) is 0 Å². The summed E-state index contributed by atoms with van der Waals surface area (Å²) >= 11 is 0. The maximum atomic E-state index is 11.9. The van der Waals surface area contributed by atoms with Crippen molar-refractivity contribution in [2.45, 2.75) is 6.42 Å². The van der Waals surface area contributed by atoms with Gasteiger partial charge >= 0.3 is 0 Å². The molecule has 0 aliphatic heterocycles. The van der Waals surface area contributed by atoms with Gasteiger partial charge in [-0.1, -0.05) is 12.1 Å². The van der Waals surface area contributed by atoms with Gasteiger partial charge in [-0.05, 0) is 18.2 Å². The molecule has 1 aromatic carbocycles. The molecule has 0 unspecified atom stereocenters. The Morgan fingerprint density at radius 2 is 2.00 bits per heavy atom. The van der Waals surface area contributed by atoms with Gasteiger partial charge in [0, 0.05) is 18.0 Å². The first-order valence-corrected chi connectivity index (χ1v) is 5.23. The number of hydrogen-bond donors (Lipinski definition) is 0. The topological polar surface area (TPSA) is 52.1 Å². The Hall–Kier alpha value is -2.23. The number of Topliss-reactive ketones (excluding diaryl/α,β-unsaturated/α-hetero) is 1. The first-order valence-electron chi connectivity index (χ1n) is 5.23. The highest BCUT2D eigenvalue weighted by Gasteiger charge is 2.09. The second-order valence-electron chi connectivity index (χ2n) is 3.50. The lowest BCUT2D eigenvalue weighted by molar-refractivity contribution is 0.0990. The number of rotatable bonds is 4. The van der Waals surface area contributed by atoms with Crippen molar-refractivity contribution in [3.8, 4) is 5.75 Å². The standard InChI is InChI=1S/C13H12N2O2/c1-17-11-5-2-4-10(8-11)12(16)9-13-14-6-3-7-15-13/h2-8H,9H2,1H3. The molecule has 0 amide bonds. The smallest absolute Gasteiger partial charge is 0.170 e. The van der Waals surface area contributed by atoms with E-state index in [0.717, 1.165) is 0 Å². The normalized spacial score (nSPS) is 9.94. The number of ether oxygens (including phenoxy) is 1. The van der Waals surface area contributed by atoms with Crippen molar-refractivity contribution in [2.75, 3.05) is 7.11 Å². The quantitative estimate of drug-likeness (QED) is 0.750. The van der Waals surface area contributed by atoms with Gasteiger partial charge < -0.3 is 4.74 Å². The number of hydrogen-bond acceptors (Lipinski definition) is 4. The minimum absolute atomic E-state index is 0.0184. The molecule has 2 aromatic rings. The molecule has 0 atom stereocenters. The van der Waals surface area contributed by atoms with Crippen LogP contribution in [0.2, 0.25) is 0 Å². The number of ketones is 1. The first kappa shape index (κ1) is 11.3. The lowest BCUT2D eigenvalue weighted by Crippen LogP contribution is -2.06. The Morgan fingerprint density at radius 3 is 2.71 bits per heavy atom. The number of nitrogens with zero attached hydrogens (tertiary/aromatic N) is 2. The SMILES string of the molecule is COc1cccc(C(=O)Cc2ncccn2)c1. The van der Waals surface area contributed by atoms with Crippen molar-refractivity contribution < 1.29 is 9.53 Å². The summed E-state index contributed by atoms with van der Waals surface area (Å²) in [7, 11) is 1.57. The molecule has 0 spiro atoms. The number of benzene rings is 1. The molecular formula is C13H12N2O2. The molecule has 0 bridgehead atoms. The Morgan fingerprint density at radius 1 is 1.24 bits per heavy atom. The lowest BCUT2D eigenvalue weighted by atomic mass is 10.1. The van der Waals surface area contributed by atoms with E-state index in [9.17, 15) is 4.79 Å². The molecule has 1 heterocycles. The van der Waals surface area contributed by atoms with Crippen molar-refractivity contribution in [1.82, 2.24) is 9.97 Å². The van der Waals surface area contributed by atoms with Crippen LogP contribution >= 0.6 is 0 Å². The summed E-state index contributed by atoms with van der Waals surface area (Å²) in [6, 6.07) is 8.78. The summed E-state index contributed by atoms with van der Waals surface area (Å²) in [5.74, 6) is 1.18. The highest BCUT2D eigenvalue weighted by atomic mass is 16.5. The van der Waals surface area contributed by atoms with Crippen LogP contribution in [-0.2, 0) is 6.42 Å². The Kier molecular flexibility index (Phi) is 3.45. The second kappa shape index (κ2) is 5.21. The third-order valence-corrected chi connectivity index (χ3v) is 2.33. The van der Waals surface area contributed by atoms with E-state index in [2.05, 4.69) is 9.97 Å². The van der Waals surface area contributed by atoms with Crippen molar-refractivity contribution in [1.29, 1.82) is 0 Å². The molecule has 1 aromatic heterocycles. The van der Waals surface area contributed by atoms with Gasteiger partial charge in [-0.3, -0.25) is 4.79 Å². The van der Waals surface area contributed by atoms with Crippen molar-refractivity contribution in [3.63, 3.8) is 0 Å². The van der Waals surface area contributed by atoms with Crippen LogP contribution in [0.5, 0.6) is 5.75 Å². The van der Waals surface area contributed by atoms with Crippen molar-refractivity contribution >= 4 is 5.78 Å². The average Bonchev–Trinajstić information content (AvgIpc) is 2.40. The minimum atomic E-state index is -0.0184. The van der Waals surface area contributed by atoms with Crippen LogP contribution in [0.15, 0.2) is 42.7 Å². The molecule has 86 valence electrons. The fraction of sp³-hybridized carbons (Fsp3) is 0.154. The van der Waals surface area contributed by atoms with E-state index in [1.807, 2.05) is 0 Å². The maximum Gasteiger partial charge on any atom is 0.170 e. The third kappa shape index (κ3) is 2.87. The Bertz CT molecular complexity index is 512. The molecule has 0 fully saturated rings. The molecule has 0 saturated carbocycles. The van der Waals surface area contributed by atoms with Gasteiger partial charge in [0.1, 0.15) is 11.6 Å². The number of carbonyl (C=O) groups excluding carboxylic acids is 1. The van der Waals surface area contributed by atoms with E-state index in [1.54, 1.807) is 49.8 Å². The molecule has 0 aliphatic carbocycles. The zero-order valence-corrected chi connectivity index (χ0v) is 9.46. The fourth-order valence-electron chi connectivity index (χ4n) is 1.46. The van der Waals surface area contributed by atoms with Crippen LogP contribution in [0.1, 0.15) is 16.2 Å². The third-order valence-electron chi connectivity index (χ3n) is 2.33. The van der Waals surface area contributed by atoms with Crippen LogP contribution in [0.25, 0.3) is 0 Å². The van der Waals surface area contributed by atoms with Crippen LogP contribution < -0.4 is 4.74 Å². The van der Waals surface area contributed by atoms with Gasteiger partial charge in [-0.25, -0.2) is 9.97 Å². The van der Waals surface area contributed by atoms with E-state index >= 15 is 0 Å². The number of methoxy groups -OCH3 is 1. The molecule has 0 aliphatic rings. The van der Waals surface area contributed by atoms with E-state index in [0.29, 0.717) is 17.1 Å². The largest absolute Gasteiger partial charge is 0.497 e. The summed E-state index contributed by atoms with van der Waals surface area (Å²) in [5, 5.41) is 0. The van der Waals surface area contributed by atoms with Gasteiger partial charge in [0.15, 0.2) is 5.78 Å². The predicted molar refractivity (Wildman–Crippen MR) is 63.1 cm³/mol. The van der Waals surface area contributed by atoms with Gasteiger partial charge in [-0.2, -0.15) is 0 Å². The maximum absolute atomic E-state index is 11.9. The average molecular weight is 228 g/mol. The molecule has 2 rings (SSSR count). The second-order valence-corrected chi connectivity index (χ2v) is 3.50. The molecule has 0 N–H and O–H groups in total. The van der Waals surface area contributed by atoms with Crippen molar-refractivity contribution in [2.24, 2.45) is 0 Å². The first-order chi connectivity index (χ1) is 8.29. The number of aromatic nitrogens is 2. The summed E-state index contributed by atoms with van der Waals surface area (Å²) < 4.78 is 5.07. The van der Waals surface area contributed by atoms with Gasteiger partial charge in [0.2, 0.25) is 0 Å². The fourth-order valence-corrected chi connectivity index (χ4v) is 1.46. The van der Waals surface area contributed by atoms with E-state index < -0.39 is 0 Å². The molecular weight excluding hydrogens is 216 g/mol. The van der Waals surface area contributed by atoms with E-state index in [1.165, 1.54) is 0 Å². The molecule has 17 heavy (non-hydrogen) atoms. The lowest BCUT2D eigenvalue weighted by Gasteiger charge is -2.03. The summed E-state index contributed by atoms with van der Waals surface area (Å²) in [6.45, 7) is 0. The Balaban J connectivity index is 2.14. The monoisotopic (exact) mass is 228 g/mol. The van der Waals surface area contributed by atoms with Crippen LogP contribution in [0.3, 0.4) is 0 Å². The molecule has 0 saturated heterocycles. The summed E-state index contributed by atoms with van der Waals surface area (Å²) in [6.07, 6.45) is 3.45. The zero-order valence-electron chi connectivity index (χ0n) is 9.46. The van der Waals surface area contributed by atoms with E-state index in [-0.39, 0.29) is 12.2 Å². The summed E-state index contributed by atoms with van der Waals surface area (Å²) in [4.78, 5) is 20.0. The van der Waals surface area contributed by atoms with Crippen molar-refractivity contribution in [3.05, 3.63) is 54.1 Å². The zero-order chi connectivity index (χ0) is 12.1.